The number of carbonyl (C=O) groups excluding carboxylic acids is 3. The first kappa shape index (κ1) is 23.5. The van der Waals surface area contributed by atoms with E-state index in [1.165, 1.54) is 28.4 Å². The lowest BCUT2D eigenvalue weighted by molar-refractivity contribution is -0.137. The molecule has 2 heterocycles. The Morgan fingerprint density at radius 2 is 1.26 bits per heavy atom. The summed E-state index contributed by atoms with van der Waals surface area (Å²) in [4.78, 5) is 41.3. The van der Waals surface area contributed by atoms with Crippen molar-refractivity contribution in [2.24, 2.45) is 0 Å². The maximum Gasteiger partial charge on any atom is 0.416 e. The van der Waals surface area contributed by atoms with Crippen LogP contribution in [0.3, 0.4) is 0 Å². The van der Waals surface area contributed by atoms with Gasteiger partial charge in [-0.1, -0.05) is 6.07 Å². The van der Waals surface area contributed by atoms with Crippen LogP contribution in [0.4, 0.5) is 18.9 Å². The average Bonchev–Trinajstić information content (AvgIpc) is 3.39. The van der Waals surface area contributed by atoms with Crippen molar-refractivity contribution in [3.8, 4) is 0 Å². The number of thiophene rings is 1. The minimum absolute atomic E-state index is 0.174. The molecule has 6 nitrogen and oxygen atoms in total. The van der Waals surface area contributed by atoms with E-state index in [2.05, 4.69) is 5.32 Å². The molecule has 1 aromatic heterocycles. The molecular formula is C24H20F3N3O3S. The number of piperazine rings is 1. The van der Waals surface area contributed by atoms with Crippen LogP contribution in [0.2, 0.25) is 0 Å². The highest BCUT2D eigenvalue weighted by atomic mass is 32.1. The lowest BCUT2D eigenvalue weighted by Gasteiger charge is -2.35. The van der Waals surface area contributed by atoms with Crippen LogP contribution >= 0.6 is 11.3 Å². The smallest absolute Gasteiger partial charge is 0.335 e. The maximum atomic E-state index is 12.8. The number of amides is 3. The fourth-order valence-corrected chi connectivity index (χ4v) is 4.20. The molecule has 0 radical (unpaired) electrons. The molecule has 34 heavy (non-hydrogen) atoms. The summed E-state index contributed by atoms with van der Waals surface area (Å²) in [5.41, 5.74) is 0.392. The molecule has 1 fully saturated rings. The molecule has 3 aromatic rings. The molecule has 3 amide bonds. The summed E-state index contributed by atoms with van der Waals surface area (Å²) >= 11 is 1.33. The fraction of sp³-hybridized carbons (Fsp3) is 0.208. The standard InChI is InChI=1S/C24H20F3N3O3S/c25-24(26,27)18-7-3-16(4-8-18)22(32)29-11-13-30(14-12-29)23(33)17-5-9-19(10-6-17)28-21(31)20-2-1-15-34-20/h1-10,15H,11-14H2,(H,28,31). The van der Waals surface area contributed by atoms with Crippen LogP contribution in [-0.4, -0.2) is 53.7 Å². The van der Waals surface area contributed by atoms with E-state index in [0.717, 1.165) is 12.1 Å². The van der Waals surface area contributed by atoms with Gasteiger partial charge < -0.3 is 15.1 Å². The van der Waals surface area contributed by atoms with Crippen molar-refractivity contribution in [3.63, 3.8) is 0 Å². The van der Waals surface area contributed by atoms with Crippen molar-refractivity contribution < 1.29 is 27.6 Å². The van der Waals surface area contributed by atoms with E-state index in [4.69, 9.17) is 0 Å². The Kier molecular flexibility index (Phi) is 6.69. The van der Waals surface area contributed by atoms with Crippen molar-refractivity contribution in [3.05, 3.63) is 87.6 Å². The topological polar surface area (TPSA) is 69.7 Å². The Hall–Kier alpha value is -3.66. The number of hydrogen-bond acceptors (Lipinski definition) is 4. The van der Waals surface area contributed by atoms with Crippen LogP contribution in [-0.2, 0) is 6.18 Å². The quantitative estimate of drug-likeness (QED) is 0.584. The lowest BCUT2D eigenvalue weighted by atomic mass is 10.1. The van der Waals surface area contributed by atoms with Gasteiger partial charge in [0.15, 0.2) is 0 Å². The zero-order valence-electron chi connectivity index (χ0n) is 17.8. The second-order valence-electron chi connectivity index (χ2n) is 7.67. The molecule has 0 unspecified atom stereocenters. The van der Waals surface area contributed by atoms with E-state index in [1.54, 1.807) is 41.3 Å². The van der Waals surface area contributed by atoms with Crippen LogP contribution in [0, 0.1) is 0 Å². The van der Waals surface area contributed by atoms with E-state index in [-0.39, 0.29) is 36.4 Å². The van der Waals surface area contributed by atoms with Gasteiger partial charge in [0.05, 0.1) is 10.4 Å². The van der Waals surface area contributed by atoms with E-state index >= 15 is 0 Å². The van der Waals surface area contributed by atoms with Gasteiger partial charge in [0.2, 0.25) is 0 Å². The number of hydrogen-bond donors (Lipinski definition) is 1. The van der Waals surface area contributed by atoms with Crippen LogP contribution in [0.1, 0.15) is 36.0 Å². The first-order valence-electron chi connectivity index (χ1n) is 10.4. The Bertz CT molecular complexity index is 1170. The molecule has 2 aromatic carbocycles. The molecule has 1 saturated heterocycles. The van der Waals surface area contributed by atoms with Crippen molar-refractivity contribution in [2.75, 3.05) is 31.5 Å². The third-order valence-corrected chi connectivity index (χ3v) is 6.32. The summed E-state index contributed by atoms with van der Waals surface area (Å²) in [6.07, 6.45) is -4.46. The molecule has 1 aliphatic heterocycles. The molecule has 176 valence electrons. The summed E-state index contributed by atoms with van der Waals surface area (Å²) in [5, 5.41) is 4.59. The number of alkyl halides is 3. The molecular weight excluding hydrogens is 467 g/mol. The maximum absolute atomic E-state index is 12.8. The number of anilines is 1. The Morgan fingerprint density at radius 1 is 0.765 bits per heavy atom. The van der Waals surface area contributed by atoms with Gasteiger partial charge >= 0.3 is 6.18 Å². The van der Waals surface area contributed by atoms with Crippen LogP contribution in [0.15, 0.2) is 66.0 Å². The van der Waals surface area contributed by atoms with Crippen molar-refractivity contribution in [2.45, 2.75) is 6.18 Å². The molecule has 0 spiro atoms. The number of benzene rings is 2. The van der Waals surface area contributed by atoms with Crippen molar-refractivity contribution in [1.29, 1.82) is 0 Å². The van der Waals surface area contributed by atoms with E-state index < -0.39 is 11.7 Å². The highest BCUT2D eigenvalue weighted by Gasteiger charge is 2.31. The predicted octanol–water partition coefficient (Wildman–Crippen LogP) is 4.62. The van der Waals surface area contributed by atoms with Crippen LogP contribution in [0.25, 0.3) is 0 Å². The highest BCUT2D eigenvalue weighted by molar-refractivity contribution is 7.12. The lowest BCUT2D eigenvalue weighted by Crippen LogP contribution is -2.50. The van der Waals surface area contributed by atoms with Crippen molar-refractivity contribution in [1.82, 2.24) is 9.80 Å². The molecule has 10 heteroatoms. The van der Waals surface area contributed by atoms with Gasteiger partial charge in [0, 0.05) is 43.0 Å². The second kappa shape index (κ2) is 9.68. The van der Waals surface area contributed by atoms with Gasteiger partial charge in [-0.2, -0.15) is 13.2 Å². The van der Waals surface area contributed by atoms with Gasteiger partial charge in [-0.05, 0) is 60.0 Å². The van der Waals surface area contributed by atoms with Crippen LogP contribution in [0.5, 0.6) is 0 Å². The largest absolute Gasteiger partial charge is 0.416 e. The van der Waals surface area contributed by atoms with Gasteiger partial charge in [0.1, 0.15) is 0 Å². The fourth-order valence-electron chi connectivity index (χ4n) is 3.58. The molecule has 4 rings (SSSR count). The predicted molar refractivity (Wildman–Crippen MR) is 122 cm³/mol. The van der Waals surface area contributed by atoms with Crippen molar-refractivity contribution >= 4 is 34.7 Å². The molecule has 0 atom stereocenters. The van der Waals surface area contributed by atoms with E-state index in [0.29, 0.717) is 29.2 Å². The molecule has 1 aliphatic rings. The number of carbonyl (C=O) groups is 3. The van der Waals surface area contributed by atoms with Gasteiger partial charge in [-0.25, -0.2) is 0 Å². The molecule has 0 aliphatic carbocycles. The zero-order chi connectivity index (χ0) is 24.3. The van der Waals surface area contributed by atoms with E-state index in [9.17, 15) is 27.6 Å². The molecule has 0 saturated carbocycles. The Balaban J connectivity index is 1.31. The van der Waals surface area contributed by atoms with Crippen LogP contribution < -0.4 is 5.32 Å². The number of nitrogens with zero attached hydrogens (tertiary/aromatic N) is 2. The Labute approximate surface area is 197 Å². The normalized spacial score (nSPS) is 14.1. The van der Waals surface area contributed by atoms with Gasteiger partial charge in [0.25, 0.3) is 17.7 Å². The minimum atomic E-state index is -4.46. The third kappa shape index (κ3) is 5.28. The van der Waals surface area contributed by atoms with Gasteiger partial charge in [-0.3, -0.25) is 14.4 Å². The summed E-state index contributed by atoms with van der Waals surface area (Å²) in [5.74, 6) is -0.785. The summed E-state index contributed by atoms with van der Waals surface area (Å²) in [6, 6.07) is 14.2. The minimum Gasteiger partial charge on any atom is -0.335 e. The molecule has 0 bridgehead atoms. The average molecular weight is 488 g/mol. The zero-order valence-corrected chi connectivity index (χ0v) is 18.7. The number of halogens is 3. The summed E-state index contributed by atoms with van der Waals surface area (Å²) in [6.45, 7) is 1.17. The third-order valence-electron chi connectivity index (χ3n) is 5.45. The first-order valence-corrected chi connectivity index (χ1v) is 11.3. The highest BCUT2D eigenvalue weighted by Crippen LogP contribution is 2.29. The number of nitrogens with one attached hydrogen (secondary N) is 1. The SMILES string of the molecule is O=C(Nc1ccc(C(=O)N2CCN(C(=O)c3ccc(C(F)(F)F)cc3)CC2)cc1)c1cccs1. The Morgan fingerprint density at radius 3 is 1.71 bits per heavy atom. The van der Waals surface area contributed by atoms with E-state index in [1.807, 2.05) is 5.38 Å². The second-order valence-corrected chi connectivity index (χ2v) is 8.62. The summed E-state index contributed by atoms with van der Waals surface area (Å²) in [7, 11) is 0. The molecule has 1 N–H and O–H groups in total. The first-order chi connectivity index (χ1) is 16.2. The summed E-state index contributed by atoms with van der Waals surface area (Å²) < 4.78 is 38.2. The van der Waals surface area contributed by atoms with Gasteiger partial charge in [-0.15, -0.1) is 11.3 Å². The monoisotopic (exact) mass is 487 g/mol. The number of rotatable bonds is 4.